The molecule has 2 aromatic carbocycles. The van der Waals surface area contributed by atoms with Gasteiger partial charge in [0.2, 0.25) is 0 Å². The molecule has 0 aromatic heterocycles. The smallest absolute Gasteiger partial charge is 0.266 e. The lowest BCUT2D eigenvalue weighted by atomic mass is 10.1. The summed E-state index contributed by atoms with van der Waals surface area (Å²) >= 11 is 0. The van der Waals surface area contributed by atoms with Gasteiger partial charge in [0.1, 0.15) is 5.75 Å². The molecule has 1 atom stereocenters. The Bertz CT molecular complexity index is 553. The van der Waals surface area contributed by atoms with Gasteiger partial charge in [0.15, 0.2) is 0 Å². The standard InChI is InChI=1S/C15H17O2P/c1-11-9-12(2)15(13(3)10-11)18(16)17-14-7-5-4-6-8-14/h4-10,18H,1-3H3. The molecule has 0 saturated heterocycles. The summed E-state index contributed by atoms with van der Waals surface area (Å²) in [6, 6.07) is 13.4. The molecule has 2 rings (SSSR count). The van der Waals surface area contributed by atoms with Gasteiger partial charge < -0.3 is 4.52 Å². The third kappa shape index (κ3) is 2.83. The van der Waals surface area contributed by atoms with Crippen LogP contribution in [0.2, 0.25) is 0 Å². The second-order valence-electron chi connectivity index (χ2n) is 4.48. The molecule has 94 valence electrons. The summed E-state index contributed by atoms with van der Waals surface area (Å²) in [6.45, 7) is 6.00. The first-order valence-electron chi connectivity index (χ1n) is 5.93. The van der Waals surface area contributed by atoms with Crippen molar-refractivity contribution in [3.8, 4) is 5.75 Å². The number of benzene rings is 2. The zero-order valence-corrected chi connectivity index (χ0v) is 11.9. The fourth-order valence-corrected chi connectivity index (χ4v) is 3.39. The summed E-state index contributed by atoms with van der Waals surface area (Å²) in [5.74, 6) is 0.653. The first kappa shape index (κ1) is 12.9. The van der Waals surface area contributed by atoms with Crippen LogP contribution >= 0.6 is 8.03 Å². The molecule has 0 bridgehead atoms. The Morgan fingerprint density at radius 3 is 2.06 bits per heavy atom. The summed E-state index contributed by atoms with van der Waals surface area (Å²) < 4.78 is 17.9. The Hall–Kier alpha value is -1.53. The molecule has 18 heavy (non-hydrogen) atoms. The summed E-state index contributed by atoms with van der Waals surface area (Å²) in [7, 11) is -2.25. The molecule has 0 fully saturated rings. The quantitative estimate of drug-likeness (QED) is 0.785. The van der Waals surface area contributed by atoms with Crippen molar-refractivity contribution >= 4 is 13.3 Å². The maximum Gasteiger partial charge on any atom is 0.266 e. The van der Waals surface area contributed by atoms with E-state index < -0.39 is 8.03 Å². The van der Waals surface area contributed by atoms with Crippen LogP contribution in [0.15, 0.2) is 42.5 Å². The van der Waals surface area contributed by atoms with E-state index in [1.165, 1.54) is 5.56 Å². The molecular weight excluding hydrogens is 243 g/mol. The molecule has 3 heteroatoms. The minimum absolute atomic E-state index is 0.653. The Kier molecular flexibility index (Phi) is 3.88. The SMILES string of the molecule is Cc1cc(C)c([PH](=O)Oc2ccccc2)c(C)c1. The third-order valence-electron chi connectivity index (χ3n) is 2.83. The third-order valence-corrected chi connectivity index (χ3v) is 4.45. The molecule has 0 saturated carbocycles. The lowest BCUT2D eigenvalue weighted by Gasteiger charge is -2.12. The summed E-state index contributed by atoms with van der Waals surface area (Å²) in [5.41, 5.74) is 3.25. The van der Waals surface area contributed by atoms with Gasteiger partial charge in [-0.05, 0) is 44.0 Å². The Balaban J connectivity index is 2.30. The summed E-state index contributed by atoms with van der Waals surface area (Å²) in [5, 5.41) is 0.842. The number of hydrogen-bond donors (Lipinski definition) is 0. The van der Waals surface area contributed by atoms with Crippen molar-refractivity contribution in [2.45, 2.75) is 20.8 Å². The normalized spacial score (nSPS) is 12.2. The molecule has 0 aliphatic rings. The molecule has 1 unspecified atom stereocenters. The lowest BCUT2D eigenvalue weighted by Crippen LogP contribution is -2.09. The van der Waals surface area contributed by atoms with Crippen molar-refractivity contribution in [1.29, 1.82) is 0 Å². The van der Waals surface area contributed by atoms with Gasteiger partial charge in [-0.1, -0.05) is 35.9 Å². The molecule has 0 amide bonds. The predicted octanol–water partition coefficient (Wildman–Crippen LogP) is 3.79. The summed E-state index contributed by atoms with van der Waals surface area (Å²) in [4.78, 5) is 0. The molecule has 0 aliphatic heterocycles. The van der Waals surface area contributed by atoms with Gasteiger partial charge in [-0.2, -0.15) is 0 Å². The van der Waals surface area contributed by atoms with Gasteiger partial charge in [-0.15, -0.1) is 0 Å². The van der Waals surface area contributed by atoms with E-state index in [0.29, 0.717) is 5.75 Å². The molecule has 0 N–H and O–H groups in total. The molecule has 0 heterocycles. The van der Waals surface area contributed by atoms with Crippen molar-refractivity contribution in [1.82, 2.24) is 0 Å². The first-order valence-corrected chi connectivity index (χ1v) is 7.24. The number of aryl methyl sites for hydroxylation is 3. The Morgan fingerprint density at radius 1 is 0.944 bits per heavy atom. The van der Waals surface area contributed by atoms with Gasteiger partial charge >= 0.3 is 0 Å². The molecular formula is C15H17O2P. The largest absolute Gasteiger partial charge is 0.442 e. The van der Waals surface area contributed by atoms with Crippen molar-refractivity contribution in [3.63, 3.8) is 0 Å². The lowest BCUT2D eigenvalue weighted by molar-refractivity contribution is 0.514. The van der Waals surface area contributed by atoms with E-state index in [1.54, 1.807) is 0 Å². The topological polar surface area (TPSA) is 26.3 Å². The zero-order valence-electron chi connectivity index (χ0n) is 10.9. The maximum absolute atomic E-state index is 12.3. The second-order valence-corrected chi connectivity index (χ2v) is 5.76. The Morgan fingerprint density at radius 2 is 1.50 bits per heavy atom. The number of hydrogen-bond acceptors (Lipinski definition) is 2. The van der Waals surface area contributed by atoms with E-state index in [9.17, 15) is 4.57 Å². The van der Waals surface area contributed by atoms with Crippen LogP contribution in [0, 0.1) is 20.8 Å². The van der Waals surface area contributed by atoms with E-state index >= 15 is 0 Å². The minimum atomic E-state index is -2.25. The van der Waals surface area contributed by atoms with E-state index in [-0.39, 0.29) is 0 Å². The van der Waals surface area contributed by atoms with Crippen LogP contribution in [-0.2, 0) is 4.57 Å². The van der Waals surface area contributed by atoms with E-state index in [0.717, 1.165) is 16.4 Å². The maximum atomic E-state index is 12.3. The van der Waals surface area contributed by atoms with Crippen LogP contribution in [0.25, 0.3) is 0 Å². The minimum Gasteiger partial charge on any atom is -0.442 e. The summed E-state index contributed by atoms with van der Waals surface area (Å²) in [6.07, 6.45) is 0. The molecule has 2 aromatic rings. The number of para-hydroxylation sites is 1. The van der Waals surface area contributed by atoms with Crippen LogP contribution in [0.4, 0.5) is 0 Å². The van der Waals surface area contributed by atoms with Crippen molar-refractivity contribution < 1.29 is 9.09 Å². The van der Waals surface area contributed by atoms with Crippen molar-refractivity contribution in [3.05, 3.63) is 59.2 Å². The molecule has 0 radical (unpaired) electrons. The van der Waals surface area contributed by atoms with Gasteiger partial charge in [-0.3, -0.25) is 4.57 Å². The van der Waals surface area contributed by atoms with Crippen LogP contribution < -0.4 is 9.83 Å². The van der Waals surface area contributed by atoms with Gasteiger partial charge in [0.05, 0.1) is 5.30 Å². The Labute approximate surface area is 108 Å². The monoisotopic (exact) mass is 260 g/mol. The van der Waals surface area contributed by atoms with Gasteiger partial charge in [0.25, 0.3) is 8.03 Å². The van der Waals surface area contributed by atoms with Crippen LogP contribution in [0.3, 0.4) is 0 Å². The van der Waals surface area contributed by atoms with E-state index in [2.05, 4.69) is 0 Å². The van der Waals surface area contributed by atoms with E-state index in [4.69, 9.17) is 4.52 Å². The average Bonchev–Trinajstić information content (AvgIpc) is 2.28. The fraction of sp³-hybridized carbons (Fsp3) is 0.200. The van der Waals surface area contributed by atoms with Crippen LogP contribution in [0.1, 0.15) is 16.7 Å². The van der Waals surface area contributed by atoms with Crippen molar-refractivity contribution in [2.75, 3.05) is 0 Å². The highest BCUT2D eigenvalue weighted by Crippen LogP contribution is 2.29. The highest BCUT2D eigenvalue weighted by atomic mass is 31.1. The van der Waals surface area contributed by atoms with Gasteiger partial charge in [-0.25, -0.2) is 0 Å². The molecule has 2 nitrogen and oxygen atoms in total. The second kappa shape index (κ2) is 5.41. The zero-order chi connectivity index (χ0) is 13.1. The highest BCUT2D eigenvalue weighted by Gasteiger charge is 2.12. The number of rotatable bonds is 3. The molecule has 0 spiro atoms. The van der Waals surface area contributed by atoms with Gasteiger partial charge in [0, 0.05) is 0 Å². The van der Waals surface area contributed by atoms with E-state index in [1.807, 2.05) is 63.2 Å². The predicted molar refractivity (Wildman–Crippen MR) is 76.4 cm³/mol. The highest BCUT2D eigenvalue weighted by molar-refractivity contribution is 7.49. The fourth-order valence-electron chi connectivity index (χ4n) is 2.15. The first-order chi connectivity index (χ1) is 8.58. The van der Waals surface area contributed by atoms with Crippen molar-refractivity contribution in [2.24, 2.45) is 0 Å². The van der Waals surface area contributed by atoms with Crippen LogP contribution in [-0.4, -0.2) is 0 Å². The molecule has 0 aliphatic carbocycles. The average molecular weight is 260 g/mol. The van der Waals surface area contributed by atoms with Crippen LogP contribution in [0.5, 0.6) is 5.75 Å².